The minimum Gasteiger partial charge on any atom is -0.366 e. The zero-order valence-corrected chi connectivity index (χ0v) is 18.1. The second-order valence-corrected chi connectivity index (χ2v) is 10.7. The van der Waals surface area contributed by atoms with E-state index in [-0.39, 0.29) is 22.6 Å². The number of benzene rings is 2. The van der Waals surface area contributed by atoms with E-state index in [0.717, 1.165) is 11.4 Å². The van der Waals surface area contributed by atoms with Crippen LogP contribution in [0.3, 0.4) is 0 Å². The largest absolute Gasteiger partial charge is 0.366 e. The van der Waals surface area contributed by atoms with Gasteiger partial charge in [-0.05, 0) is 64.8 Å². The van der Waals surface area contributed by atoms with Crippen molar-refractivity contribution < 1.29 is 12.8 Å². The molecule has 0 saturated carbocycles. The van der Waals surface area contributed by atoms with E-state index in [2.05, 4.69) is 25.9 Å². The molecule has 0 aliphatic carbocycles. The number of sulfone groups is 1. The molecule has 3 heterocycles. The number of halogens is 2. The van der Waals surface area contributed by atoms with Gasteiger partial charge in [0.2, 0.25) is 0 Å². The van der Waals surface area contributed by atoms with E-state index >= 15 is 0 Å². The monoisotopic (exact) mass is 486 g/mol. The summed E-state index contributed by atoms with van der Waals surface area (Å²) in [6.45, 7) is 0.537. The molecule has 5 rings (SSSR count). The number of anilines is 1. The average molecular weight is 487 g/mol. The van der Waals surface area contributed by atoms with Crippen LogP contribution >= 0.6 is 15.9 Å². The van der Waals surface area contributed by atoms with Crippen LogP contribution in [0.1, 0.15) is 12.0 Å². The highest BCUT2D eigenvalue weighted by atomic mass is 79.9. The summed E-state index contributed by atoms with van der Waals surface area (Å²) in [5.41, 5.74) is 3.06. The molecule has 2 aliphatic heterocycles. The van der Waals surface area contributed by atoms with E-state index in [0.29, 0.717) is 28.8 Å². The summed E-state index contributed by atoms with van der Waals surface area (Å²) in [6, 6.07) is 15.9. The Morgan fingerprint density at radius 2 is 1.87 bits per heavy atom. The minimum absolute atomic E-state index is 0.00448. The molecule has 0 N–H and O–H groups in total. The molecule has 6 nitrogen and oxygen atoms in total. The van der Waals surface area contributed by atoms with Crippen molar-refractivity contribution in [1.29, 1.82) is 5.26 Å². The van der Waals surface area contributed by atoms with Gasteiger partial charge in [0, 0.05) is 23.8 Å². The van der Waals surface area contributed by atoms with Crippen molar-refractivity contribution in [3.8, 4) is 23.0 Å². The summed E-state index contributed by atoms with van der Waals surface area (Å²) < 4.78 is 40.4. The lowest BCUT2D eigenvalue weighted by molar-refractivity contribution is 0.585. The van der Waals surface area contributed by atoms with Gasteiger partial charge in [0.1, 0.15) is 16.5 Å². The molecule has 0 amide bonds. The van der Waals surface area contributed by atoms with Crippen molar-refractivity contribution in [2.45, 2.75) is 17.7 Å². The molecule has 2 bridgehead atoms. The number of hydrogen-bond acceptors (Lipinski definition) is 5. The van der Waals surface area contributed by atoms with Gasteiger partial charge in [-0.15, -0.1) is 0 Å². The maximum atomic E-state index is 14.1. The molecular formula is C21H16BrFN4O2S. The number of hydrogen-bond donors (Lipinski definition) is 0. The Kier molecular flexibility index (Phi) is 4.45. The van der Waals surface area contributed by atoms with E-state index in [1.807, 2.05) is 30.3 Å². The summed E-state index contributed by atoms with van der Waals surface area (Å²) in [6.07, 6.45) is 0.699. The first-order valence-electron chi connectivity index (χ1n) is 9.40. The Labute approximate surface area is 181 Å². The molecule has 0 spiro atoms. The first-order chi connectivity index (χ1) is 14.4. The van der Waals surface area contributed by atoms with Crippen molar-refractivity contribution in [3.63, 3.8) is 0 Å². The maximum absolute atomic E-state index is 14.1. The molecule has 2 unspecified atom stereocenters. The van der Waals surface area contributed by atoms with Crippen LogP contribution < -0.4 is 4.90 Å². The van der Waals surface area contributed by atoms with Crippen LogP contribution in [0.15, 0.2) is 53.1 Å². The summed E-state index contributed by atoms with van der Waals surface area (Å²) in [5.74, 6) is -0.354. The van der Waals surface area contributed by atoms with Gasteiger partial charge in [-0.1, -0.05) is 6.07 Å². The van der Waals surface area contributed by atoms with Crippen molar-refractivity contribution in [1.82, 2.24) is 9.78 Å². The topological polar surface area (TPSA) is 79.0 Å². The van der Waals surface area contributed by atoms with Crippen LogP contribution in [0.4, 0.5) is 10.1 Å². The third-order valence-corrected chi connectivity index (χ3v) is 8.39. The zero-order valence-electron chi connectivity index (χ0n) is 15.7. The first kappa shape index (κ1) is 19.3. The van der Waals surface area contributed by atoms with Crippen LogP contribution in [0, 0.1) is 17.1 Å². The Hall–Kier alpha value is -2.70. The highest BCUT2D eigenvalue weighted by molar-refractivity contribution is 9.10. The summed E-state index contributed by atoms with van der Waals surface area (Å²) in [5, 5.41) is 13.2. The van der Waals surface area contributed by atoms with Crippen molar-refractivity contribution in [2.75, 3.05) is 17.2 Å². The normalized spacial score (nSPS) is 21.7. The summed E-state index contributed by atoms with van der Waals surface area (Å²) in [7, 11) is -2.93. The quantitative estimate of drug-likeness (QED) is 0.563. The van der Waals surface area contributed by atoms with Gasteiger partial charge in [-0.2, -0.15) is 10.4 Å². The van der Waals surface area contributed by atoms with Gasteiger partial charge < -0.3 is 4.90 Å². The molecule has 2 aliphatic rings. The lowest BCUT2D eigenvalue weighted by atomic mass is 10.1. The minimum atomic E-state index is -2.93. The van der Waals surface area contributed by atoms with Gasteiger partial charge in [-0.25, -0.2) is 17.5 Å². The third kappa shape index (κ3) is 3.11. The van der Waals surface area contributed by atoms with Crippen molar-refractivity contribution in [2.24, 2.45) is 0 Å². The lowest BCUT2D eigenvalue weighted by Gasteiger charge is -2.29. The smallest absolute Gasteiger partial charge is 0.156 e. The summed E-state index contributed by atoms with van der Waals surface area (Å²) in [4.78, 5) is 2.16. The Bertz CT molecular complexity index is 1300. The number of fused-ring (bicyclic) bond motifs is 2. The number of nitriles is 1. The Balaban J connectivity index is 1.46. The third-order valence-electron chi connectivity index (χ3n) is 5.80. The van der Waals surface area contributed by atoms with E-state index in [1.54, 1.807) is 16.8 Å². The van der Waals surface area contributed by atoms with Gasteiger partial charge in [0.15, 0.2) is 9.84 Å². The molecule has 2 saturated heterocycles. The van der Waals surface area contributed by atoms with Crippen LogP contribution in [0.5, 0.6) is 0 Å². The molecule has 2 fully saturated rings. The maximum Gasteiger partial charge on any atom is 0.156 e. The second-order valence-electron chi connectivity index (χ2n) is 7.58. The predicted molar refractivity (Wildman–Crippen MR) is 115 cm³/mol. The second kappa shape index (κ2) is 6.93. The molecule has 0 radical (unpaired) electrons. The molecular weight excluding hydrogens is 471 g/mol. The van der Waals surface area contributed by atoms with E-state index in [4.69, 9.17) is 5.26 Å². The fraction of sp³-hybridized carbons (Fsp3) is 0.238. The van der Waals surface area contributed by atoms with E-state index in [9.17, 15) is 12.8 Å². The van der Waals surface area contributed by atoms with Crippen molar-refractivity contribution in [3.05, 3.63) is 64.5 Å². The van der Waals surface area contributed by atoms with E-state index in [1.165, 1.54) is 12.1 Å². The van der Waals surface area contributed by atoms with Gasteiger partial charge >= 0.3 is 0 Å². The SMILES string of the molecule is N#Cc1ccc(-c2cc(Br)nn2-c2ccc(N3CC4CC3CS4(=O)=O)cc2)cc1F. The standard InChI is InChI=1S/C21H16BrFN4O2S/c22-21-9-20(13-1-2-14(10-24)19(23)7-13)27(25-21)16-5-3-15(4-6-16)26-11-18-8-17(26)12-30(18,28)29/h1-7,9,17-18H,8,11-12H2. The molecule has 1 aromatic heterocycles. The van der Waals surface area contributed by atoms with Gasteiger partial charge in [-0.3, -0.25) is 0 Å². The predicted octanol–water partition coefficient (Wildman–Crippen LogP) is 3.69. The highest BCUT2D eigenvalue weighted by Gasteiger charge is 2.48. The average Bonchev–Trinajstić information content (AvgIpc) is 3.39. The van der Waals surface area contributed by atoms with Gasteiger partial charge in [0.25, 0.3) is 0 Å². The molecule has 30 heavy (non-hydrogen) atoms. The van der Waals surface area contributed by atoms with Crippen LogP contribution in [0.25, 0.3) is 16.9 Å². The number of nitrogens with zero attached hydrogens (tertiary/aromatic N) is 4. The fourth-order valence-corrected chi connectivity index (χ4v) is 6.72. The number of aromatic nitrogens is 2. The Morgan fingerprint density at radius 1 is 1.13 bits per heavy atom. The van der Waals surface area contributed by atoms with Gasteiger partial charge in [0.05, 0.1) is 27.9 Å². The fourth-order valence-electron chi connectivity index (χ4n) is 4.32. The van der Waals surface area contributed by atoms with E-state index < -0.39 is 15.7 Å². The molecule has 2 atom stereocenters. The summed E-state index contributed by atoms with van der Waals surface area (Å²) >= 11 is 3.38. The van der Waals surface area contributed by atoms with Crippen molar-refractivity contribution >= 4 is 31.5 Å². The van der Waals surface area contributed by atoms with Crippen LogP contribution in [0.2, 0.25) is 0 Å². The number of rotatable bonds is 3. The molecule has 9 heteroatoms. The Morgan fingerprint density at radius 3 is 2.47 bits per heavy atom. The highest BCUT2D eigenvalue weighted by Crippen LogP contribution is 2.37. The molecule has 3 aromatic rings. The zero-order chi connectivity index (χ0) is 21.0. The molecule has 152 valence electrons. The first-order valence-corrected chi connectivity index (χ1v) is 11.9. The van der Waals surface area contributed by atoms with Crippen LogP contribution in [-0.2, 0) is 9.84 Å². The molecule has 2 aromatic carbocycles. The lowest BCUT2D eigenvalue weighted by Crippen LogP contribution is -2.40. The van der Waals surface area contributed by atoms with Crippen LogP contribution in [-0.4, -0.2) is 41.8 Å².